The van der Waals surface area contributed by atoms with Gasteiger partial charge >= 0.3 is 0 Å². The highest BCUT2D eigenvalue weighted by Gasteiger charge is 2.34. The zero-order valence-corrected chi connectivity index (χ0v) is 16.8. The van der Waals surface area contributed by atoms with Crippen LogP contribution in [-0.2, 0) is 0 Å². The summed E-state index contributed by atoms with van der Waals surface area (Å²) in [5.74, 6) is 0. The first-order valence-corrected chi connectivity index (χ1v) is 10.3. The summed E-state index contributed by atoms with van der Waals surface area (Å²) in [5.41, 5.74) is 2.68. The summed E-state index contributed by atoms with van der Waals surface area (Å²) in [6.45, 7) is 5.57. The van der Waals surface area contributed by atoms with Crippen LogP contribution in [0.3, 0.4) is 0 Å². The smallest absolute Gasteiger partial charge is 0.0563 e. The van der Waals surface area contributed by atoms with Crippen molar-refractivity contribution in [2.24, 2.45) is 0 Å². The third-order valence-electron chi connectivity index (χ3n) is 4.80. The Morgan fingerprint density at radius 3 is 2.67 bits per heavy atom. The topological polar surface area (TPSA) is 15.3 Å². The molecule has 1 aliphatic rings. The summed E-state index contributed by atoms with van der Waals surface area (Å²) < 4.78 is 4.94. The van der Waals surface area contributed by atoms with Gasteiger partial charge in [0.15, 0.2) is 0 Å². The van der Waals surface area contributed by atoms with Crippen LogP contribution in [-0.4, -0.2) is 12.1 Å². The van der Waals surface area contributed by atoms with Gasteiger partial charge in [-0.1, -0.05) is 60.8 Å². The number of nitrogens with zero attached hydrogens (tertiary/aromatic N) is 1. The lowest BCUT2D eigenvalue weighted by Gasteiger charge is -2.37. The van der Waals surface area contributed by atoms with Gasteiger partial charge in [-0.15, -0.1) is 0 Å². The normalized spacial score (nSPS) is 20.5. The highest BCUT2D eigenvalue weighted by Crippen LogP contribution is 2.41. The monoisotopic (exact) mass is 404 g/mol. The zero-order valence-electron chi connectivity index (χ0n) is 14.4. The number of fused-ring (bicyclic) bond motifs is 1. The maximum absolute atomic E-state index is 3.82. The number of halogens is 1. The van der Waals surface area contributed by atoms with E-state index in [2.05, 4.69) is 87.9 Å². The van der Waals surface area contributed by atoms with E-state index in [-0.39, 0.29) is 5.54 Å². The number of unbranched alkanes of at least 4 members (excludes halogenated alkanes) is 1. The van der Waals surface area contributed by atoms with E-state index >= 15 is 0 Å². The Hall–Kier alpha value is -0.970. The highest BCUT2D eigenvalue weighted by atomic mass is 79.9. The molecule has 0 unspecified atom stereocenters. The minimum Gasteiger partial charge on any atom is -0.339 e. The van der Waals surface area contributed by atoms with Gasteiger partial charge in [-0.3, -0.25) is 4.72 Å². The molecule has 0 saturated heterocycles. The Labute approximate surface area is 158 Å². The molecule has 0 aliphatic carbocycles. The van der Waals surface area contributed by atoms with Crippen LogP contribution in [0.1, 0.15) is 39.5 Å². The van der Waals surface area contributed by atoms with Gasteiger partial charge in [0.05, 0.1) is 5.69 Å². The Morgan fingerprint density at radius 2 is 1.96 bits per heavy atom. The van der Waals surface area contributed by atoms with E-state index in [0.29, 0.717) is 0 Å². The Morgan fingerprint density at radius 1 is 1.17 bits per heavy atom. The molecule has 128 valence electrons. The van der Waals surface area contributed by atoms with Crippen molar-refractivity contribution in [3.8, 4) is 0 Å². The molecule has 1 N–H and O–H groups in total. The van der Waals surface area contributed by atoms with Crippen LogP contribution < -0.4 is 9.62 Å². The fourth-order valence-electron chi connectivity index (χ4n) is 3.22. The molecule has 2 aromatic rings. The molecule has 0 aromatic heterocycles. The summed E-state index contributed by atoms with van der Waals surface area (Å²) in [7, 11) is 0. The molecule has 0 amide bonds. The van der Waals surface area contributed by atoms with E-state index in [1.54, 1.807) is 11.9 Å². The van der Waals surface area contributed by atoms with Crippen molar-refractivity contribution >= 4 is 39.3 Å². The van der Waals surface area contributed by atoms with Gasteiger partial charge in [0, 0.05) is 27.1 Å². The minimum absolute atomic E-state index is 0.127. The molecule has 0 spiro atoms. The molecular formula is C20H25BrN2S. The molecular weight excluding hydrogens is 380 g/mol. The van der Waals surface area contributed by atoms with Crippen molar-refractivity contribution in [1.29, 1.82) is 0 Å². The highest BCUT2D eigenvalue weighted by molar-refractivity contribution is 9.10. The first-order valence-electron chi connectivity index (χ1n) is 8.73. The summed E-state index contributed by atoms with van der Waals surface area (Å²) in [6.07, 6.45) is 4.81. The van der Waals surface area contributed by atoms with Crippen LogP contribution in [0.25, 0.3) is 0 Å². The molecule has 0 radical (unpaired) electrons. The third-order valence-corrected chi connectivity index (χ3v) is 6.38. The zero-order chi connectivity index (χ0) is 17.0. The number of hydrogen-bond donors (Lipinski definition) is 1. The maximum atomic E-state index is 3.82. The number of benzene rings is 2. The number of nitrogens with one attached hydrogen (secondary N) is 1. The van der Waals surface area contributed by atoms with Gasteiger partial charge in [0.25, 0.3) is 0 Å². The molecule has 1 atom stereocenters. The van der Waals surface area contributed by atoms with E-state index in [1.807, 2.05) is 0 Å². The molecule has 0 bridgehead atoms. The van der Waals surface area contributed by atoms with Gasteiger partial charge in [-0.2, -0.15) is 0 Å². The average Bonchev–Trinajstić information content (AvgIpc) is 2.78. The fraction of sp³-hybridized carbons (Fsp3) is 0.400. The van der Waals surface area contributed by atoms with Gasteiger partial charge in [-0.05, 0) is 55.1 Å². The van der Waals surface area contributed by atoms with Crippen LogP contribution in [0.2, 0.25) is 0 Å². The Bertz CT molecular complexity index is 677. The van der Waals surface area contributed by atoms with Crippen LogP contribution in [0, 0.1) is 0 Å². The molecule has 24 heavy (non-hydrogen) atoms. The van der Waals surface area contributed by atoms with Gasteiger partial charge < -0.3 is 4.90 Å². The minimum atomic E-state index is 0.127. The van der Waals surface area contributed by atoms with Crippen molar-refractivity contribution < 1.29 is 0 Å². The third kappa shape index (κ3) is 3.81. The van der Waals surface area contributed by atoms with E-state index in [1.165, 1.54) is 35.5 Å². The lowest BCUT2D eigenvalue weighted by Crippen LogP contribution is -2.48. The molecule has 2 nitrogen and oxygen atoms in total. The van der Waals surface area contributed by atoms with Crippen LogP contribution in [0.4, 0.5) is 11.4 Å². The van der Waals surface area contributed by atoms with Crippen molar-refractivity contribution in [3.05, 3.63) is 53.0 Å². The molecule has 1 heterocycles. The van der Waals surface area contributed by atoms with E-state index in [0.717, 1.165) is 17.4 Å². The maximum Gasteiger partial charge on any atom is 0.0563 e. The van der Waals surface area contributed by atoms with Crippen LogP contribution in [0.15, 0.2) is 57.9 Å². The summed E-state index contributed by atoms with van der Waals surface area (Å²) in [5, 5.41) is 0. The second-order valence-corrected chi connectivity index (χ2v) is 8.24. The quantitative estimate of drug-likeness (QED) is 0.569. The molecule has 0 fully saturated rings. The van der Waals surface area contributed by atoms with Crippen molar-refractivity contribution in [3.63, 3.8) is 0 Å². The number of rotatable bonds is 5. The Kier molecular flexibility index (Phi) is 5.90. The SMILES string of the molecule is CCCC[C@@]1(CC)CN(c2ccccc2)c2ccc(Br)cc2SN1. The fourth-order valence-corrected chi connectivity index (χ4v) is 4.84. The number of anilines is 2. The standard InChI is InChI=1S/C20H25BrN2S/c1-3-5-13-20(4-2)15-23(17-9-7-6-8-10-17)18-12-11-16(21)14-19(18)24-22-20/h6-12,14,22H,3-5,13,15H2,1-2H3/t20-/m0/s1. The summed E-state index contributed by atoms with van der Waals surface area (Å²) in [6, 6.07) is 17.3. The molecule has 4 heteroatoms. The van der Waals surface area contributed by atoms with Crippen LogP contribution >= 0.6 is 27.9 Å². The lowest BCUT2D eigenvalue weighted by atomic mass is 9.90. The average molecular weight is 405 g/mol. The second-order valence-electron chi connectivity index (χ2n) is 6.48. The van der Waals surface area contributed by atoms with Gasteiger partial charge in [0.1, 0.15) is 0 Å². The first-order chi connectivity index (χ1) is 11.7. The van der Waals surface area contributed by atoms with Crippen molar-refractivity contribution in [1.82, 2.24) is 4.72 Å². The van der Waals surface area contributed by atoms with E-state index in [4.69, 9.17) is 0 Å². The predicted molar refractivity (Wildman–Crippen MR) is 109 cm³/mol. The predicted octanol–water partition coefficient (Wildman–Crippen LogP) is 6.54. The summed E-state index contributed by atoms with van der Waals surface area (Å²) in [4.78, 5) is 3.76. The Balaban J connectivity index is 2.04. The van der Waals surface area contributed by atoms with Gasteiger partial charge in [-0.25, -0.2) is 0 Å². The molecule has 0 saturated carbocycles. The molecule has 3 rings (SSSR count). The number of hydrogen-bond acceptors (Lipinski definition) is 3. The molecule has 2 aromatic carbocycles. The van der Waals surface area contributed by atoms with E-state index < -0.39 is 0 Å². The molecule has 1 aliphatic heterocycles. The second kappa shape index (κ2) is 7.94. The largest absolute Gasteiger partial charge is 0.339 e. The number of para-hydroxylation sites is 1. The van der Waals surface area contributed by atoms with Crippen molar-refractivity contribution in [2.75, 3.05) is 11.4 Å². The van der Waals surface area contributed by atoms with Gasteiger partial charge in [0.2, 0.25) is 0 Å². The van der Waals surface area contributed by atoms with Crippen LogP contribution in [0.5, 0.6) is 0 Å². The summed E-state index contributed by atoms with van der Waals surface area (Å²) >= 11 is 5.40. The first kappa shape index (κ1) is 17.8. The van der Waals surface area contributed by atoms with Crippen molar-refractivity contribution in [2.45, 2.75) is 50.0 Å². The lowest BCUT2D eigenvalue weighted by molar-refractivity contribution is 0.351. The van der Waals surface area contributed by atoms with E-state index in [9.17, 15) is 0 Å².